The van der Waals surface area contributed by atoms with Crippen molar-refractivity contribution < 1.29 is 0 Å². The summed E-state index contributed by atoms with van der Waals surface area (Å²) in [4.78, 5) is 4.56. The molecule has 1 heterocycles. The van der Waals surface area contributed by atoms with Crippen LogP contribution < -0.4 is 0 Å². The summed E-state index contributed by atoms with van der Waals surface area (Å²) in [6, 6.07) is 2.89. The Morgan fingerprint density at radius 2 is 2.14 bits per heavy atom. The van der Waals surface area contributed by atoms with Crippen molar-refractivity contribution >= 4 is 0 Å². The molecule has 1 fully saturated rings. The van der Waals surface area contributed by atoms with Crippen LogP contribution in [0.1, 0.15) is 26.7 Å². The molecule has 0 spiro atoms. The number of hydrogen-bond acceptors (Lipinski definition) is 3. The van der Waals surface area contributed by atoms with E-state index in [4.69, 9.17) is 5.26 Å². The van der Waals surface area contributed by atoms with Crippen LogP contribution in [0.2, 0.25) is 0 Å². The van der Waals surface area contributed by atoms with Gasteiger partial charge in [0.1, 0.15) is 5.54 Å². The van der Waals surface area contributed by atoms with E-state index >= 15 is 0 Å². The van der Waals surface area contributed by atoms with Crippen molar-refractivity contribution in [2.75, 3.05) is 27.2 Å². The van der Waals surface area contributed by atoms with Gasteiger partial charge in [-0.15, -0.1) is 0 Å². The van der Waals surface area contributed by atoms with E-state index in [1.807, 2.05) is 13.8 Å². The molecule has 0 aromatic heterocycles. The van der Waals surface area contributed by atoms with E-state index in [0.29, 0.717) is 6.04 Å². The predicted octanol–water partition coefficient (Wildman–Crippen LogP) is 1.31. The standard InChI is InChI=1S/C11H21N3/c1-11(2,9-12)14(4)10-6-5-7-13(3)8-10/h10H,5-8H2,1-4H3. The smallest absolute Gasteiger partial charge is 0.103 e. The highest BCUT2D eigenvalue weighted by molar-refractivity contribution is 5.03. The third kappa shape index (κ3) is 2.46. The van der Waals surface area contributed by atoms with Crippen molar-refractivity contribution in [2.45, 2.75) is 38.3 Å². The number of likely N-dealkylation sites (N-methyl/N-ethyl adjacent to an activating group) is 2. The zero-order chi connectivity index (χ0) is 10.8. The molecule has 1 atom stereocenters. The average molecular weight is 195 g/mol. The lowest BCUT2D eigenvalue weighted by atomic mass is 9.98. The Morgan fingerprint density at radius 1 is 1.50 bits per heavy atom. The second-order valence-corrected chi connectivity index (χ2v) is 4.84. The molecule has 0 radical (unpaired) electrons. The molecule has 0 amide bonds. The molecule has 1 saturated heterocycles. The van der Waals surface area contributed by atoms with Crippen LogP contribution >= 0.6 is 0 Å². The monoisotopic (exact) mass is 195 g/mol. The van der Waals surface area contributed by atoms with Crippen molar-refractivity contribution in [3.05, 3.63) is 0 Å². The van der Waals surface area contributed by atoms with Crippen LogP contribution in [-0.2, 0) is 0 Å². The molecule has 1 aliphatic rings. The van der Waals surface area contributed by atoms with Gasteiger partial charge in [-0.05, 0) is 47.3 Å². The molecule has 0 N–H and O–H groups in total. The number of piperidine rings is 1. The Labute approximate surface area is 87.3 Å². The van der Waals surface area contributed by atoms with Crippen molar-refractivity contribution in [3.8, 4) is 6.07 Å². The third-order valence-electron chi connectivity index (χ3n) is 3.30. The summed E-state index contributed by atoms with van der Waals surface area (Å²) in [5.74, 6) is 0. The molecule has 80 valence electrons. The van der Waals surface area contributed by atoms with E-state index in [1.54, 1.807) is 0 Å². The highest BCUT2D eigenvalue weighted by Gasteiger charge is 2.31. The summed E-state index contributed by atoms with van der Waals surface area (Å²) >= 11 is 0. The second kappa shape index (κ2) is 4.29. The quantitative estimate of drug-likeness (QED) is 0.665. The van der Waals surface area contributed by atoms with Gasteiger partial charge in [0.25, 0.3) is 0 Å². The summed E-state index contributed by atoms with van der Waals surface area (Å²) in [5.41, 5.74) is -0.344. The molecular weight excluding hydrogens is 174 g/mol. The van der Waals surface area contributed by atoms with Gasteiger partial charge in [0.15, 0.2) is 0 Å². The molecule has 0 aromatic rings. The minimum Gasteiger partial charge on any atom is -0.305 e. The van der Waals surface area contributed by atoms with E-state index in [-0.39, 0.29) is 5.54 Å². The Bertz CT molecular complexity index is 229. The topological polar surface area (TPSA) is 30.3 Å². The van der Waals surface area contributed by atoms with Crippen LogP contribution in [0, 0.1) is 11.3 Å². The number of likely N-dealkylation sites (tertiary alicyclic amines) is 1. The highest BCUT2D eigenvalue weighted by Crippen LogP contribution is 2.20. The van der Waals surface area contributed by atoms with Crippen molar-refractivity contribution in [1.29, 1.82) is 5.26 Å². The van der Waals surface area contributed by atoms with Crippen LogP contribution in [0.15, 0.2) is 0 Å². The predicted molar refractivity (Wildman–Crippen MR) is 58.0 cm³/mol. The lowest BCUT2D eigenvalue weighted by Gasteiger charge is -2.41. The fourth-order valence-electron chi connectivity index (χ4n) is 1.99. The summed E-state index contributed by atoms with van der Waals surface area (Å²) < 4.78 is 0. The zero-order valence-electron chi connectivity index (χ0n) is 9.75. The Kier molecular flexibility index (Phi) is 3.52. The minimum atomic E-state index is -0.344. The largest absolute Gasteiger partial charge is 0.305 e. The zero-order valence-corrected chi connectivity index (χ0v) is 9.75. The molecule has 0 saturated carbocycles. The van der Waals surface area contributed by atoms with Gasteiger partial charge in [-0.25, -0.2) is 0 Å². The molecule has 1 aliphatic heterocycles. The van der Waals surface area contributed by atoms with Gasteiger partial charge < -0.3 is 4.90 Å². The maximum absolute atomic E-state index is 9.06. The van der Waals surface area contributed by atoms with Crippen molar-refractivity contribution in [2.24, 2.45) is 0 Å². The summed E-state index contributed by atoms with van der Waals surface area (Å²) in [5, 5.41) is 9.06. The van der Waals surface area contributed by atoms with E-state index < -0.39 is 0 Å². The summed E-state index contributed by atoms with van der Waals surface area (Å²) in [6.45, 7) is 6.25. The van der Waals surface area contributed by atoms with Crippen LogP contribution in [0.3, 0.4) is 0 Å². The average Bonchev–Trinajstić information content (AvgIpc) is 2.16. The maximum atomic E-state index is 9.06. The van der Waals surface area contributed by atoms with E-state index in [2.05, 4.69) is 30.0 Å². The first-order valence-electron chi connectivity index (χ1n) is 5.30. The molecule has 1 unspecified atom stereocenters. The van der Waals surface area contributed by atoms with E-state index in [0.717, 1.165) is 6.54 Å². The third-order valence-corrected chi connectivity index (χ3v) is 3.30. The first-order valence-corrected chi connectivity index (χ1v) is 5.30. The molecule has 3 heteroatoms. The van der Waals surface area contributed by atoms with E-state index in [1.165, 1.54) is 19.4 Å². The van der Waals surface area contributed by atoms with Gasteiger partial charge in [0.05, 0.1) is 6.07 Å². The van der Waals surface area contributed by atoms with Gasteiger partial charge in [0.2, 0.25) is 0 Å². The van der Waals surface area contributed by atoms with Gasteiger partial charge in [0, 0.05) is 12.6 Å². The lowest BCUT2D eigenvalue weighted by molar-refractivity contribution is 0.0827. The fraction of sp³-hybridized carbons (Fsp3) is 0.909. The van der Waals surface area contributed by atoms with E-state index in [9.17, 15) is 0 Å². The normalized spacial score (nSPS) is 25.0. The van der Waals surface area contributed by atoms with Gasteiger partial charge in [-0.1, -0.05) is 0 Å². The molecule has 0 bridgehead atoms. The van der Waals surface area contributed by atoms with Crippen LogP contribution in [0.25, 0.3) is 0 Å². The van der Waals surface area contributed by atoms with Gasteiger partial charge in [-0.3, -0.25) is 4.90 Å². The molecule has 1 rings (SSSR count). The van der Waals surface area contributed by atoms with Crippen LogP contribution in [0.5, 0.6) is 0 Å². The molecule has 3 nitrogen and oxygen atoms in total. The number of hydrogen-bond donors (Lipinski definition) is 0. The highest BCUT2D eigenvalue weighted by atomic mass is 15.2. The van der Waals surface area contributed by atoms with Crippen LogP contribution in [0.4, 0.5) is 0 Å². The first-order chi connectivity index (χ1) is 6.47. The second-order valence-electron chi connectivity index (χ2n) is 4.84. The molecule has 0 aliphatic carbocycles. The molecule has 14 heavy (non-hydrogen) atoms. The number of nitriles is 1. The molecular formula is C11H21N3. The van der Waals surface area contributed by atoms with Gasteiger partial charge >= 0.3 is 0 Å². The van der Waals surface area contributed by atoms with Crippen molar-refractivity contribution in [1.82, 2.24) is 9.80 Å². The summed E-state index contributed by atoms with van der Waals surface area (Å²) in [6.07, 6.45) is 2.46. The molecule has 0 aromatic carbocycles. The van der Waals surface area contributed by atoms with Gasteiger partial charge in [-0.2, -0.15) is 5.26 Å². The SMILES string of the molecule is CN1CCCC(N(C)C(C)(C)C#N)C1. The number of rotatable bonds is 2. The Morgan fingerprint density at radius 3 is 2.64 bits per heavy atom. The summed E-state index contributed by atoms with van der Waals surface area (Å²) in [7, 11) is 4.21. The Hall–Kier alpha value is -0.590. The van der Waals surface area contributed by atoms with Crippen LogP contribution in [-0.4, -0.2) is 48.6 Å². The minimum absolute atomic E-state index is 0.344. The number of nitrogens with zero attached hydrogens (tertiary/aromatic N) is 3. The maximum Gasteiger partial charge on any atom is 0.103 e. The Balaban J connectivity index is 2.60. The fourth-order valence-corrected chi connectivity index (χ4v) is 1.99. The lowest BCUT2D eigenvalue weighted by Crippen LogP contribution is -2.52. The van der Waals surface area contributed by atoms with Crippen molar-refractivity contribution in [3.63, 3.8) is 0 Å². The first kappa shape index (κ1) is 11.5.